The van der Waals surface area contributed by atoms with Gasteiger partial charge in [0.1, 0.15) is 5.82 Å². The van der Waals surface area contributed by atoms with E-state index in [1.807, 2.05) is 0 Å². The number of imidazole rings is 1. The summed E-state index contributed by atoms with van der Waals surface area (Å²) in [7, 11) is 0. The third kappa shape index (κ3) is 2.87. The van der Waals surface area contributed by atoms with Gasteiger partial charge in [-0.1, -0.05) is 43.1 Å². The van der Waals surface area contributed by atoms with Gasteiger partial charge in [-0.3, -0.25) is 0 Å². The molecule has 0 aliphatic carbocycles. The van der Waals surface area contributed by atoms with Gasteiger partial charge in [0, 0.05) is 12.1 Å². The number of nitrogens with zero attached hydrogens (tertiary/aromatic N) is 2. The van der Waals surface area contributed by atoms with E-state index < -0.39 is 0 Å². The van der Waals surface area contributed by atoms with Crippen molar-refractivity contribution in [2.24, 2.45) is 0 Å². The first-order chi connectivity index (χ1) is 9.60. The molecule has 2 rings (SSSR count). The highest BCUT2D eigenvalue weighted by molar-refractivity contribution is 6.31. The first kappa shape index (κ1) is 15.4. The maximum atomic E-state index is 6.27. The zero-order valence-electron chi connectivity index (χ0n) is 12.2. The van der Waals surface area contributed by atoms with Gasteiger partial charge in [0.25, 0.3) is 0 Å². The first-order valence-electron chi connectivity index (χ1n) is 6.97. The van der Waals surface area contributed by atoms with Crippen molar-refractivity contribution in [2.75, 3.05) is 0 Å². The molecule has 0 aliphatic heterocycles. The molecule has 1 heterocycles. The van der Waals surface area contributed by atoms with Crippen molar-refractivity contribution < 1.29 is 0 Å². The predicted molar refractivity (Wildman–Crippen MR) is 86.6 cm³/mol. The number of aryl methyl sites for hydroxylation is 2. The Hall–Kier alpha value is -0.990. The molecule has 4 heteroatoms. The van der Waals surface area contributed by atoms with Crippen LogP contribution in [0.2, 0.25) is 5.15 Å². The fourth-order valence-corrected chi connectivity index (χ4v) is 3.09. The molecule has 0 N–H and O–H groups in total. The van der Waals surface area contributed by atoms with Crippen LogP contribution in [0.15, 0.2) is 18.2 Å². The Balaban J connectivity index is 2.61. The van der Waals surface area contributed by atoms with Crippen molar-refractivity contribution in [3.05, 3.63) is 40.2 Å². The van der Waals surface area contributed by atoms with Crippen molar-refractivity contribution >= 4 is 23.2 Å². The monoisotopic (exact) mass is 310 g/mol. The van der Waals surface area contributed by atoms with Gasteiger partial charge in [0.15, 0.2) is 5.15 Å². The van der Waals surface area contributed by atoms with Gasteiger partial charge in [-0.15, -0.1) is 11.6 Å². The Morgan fingerprint density at radius 2 is 1.85 bits per heavy atom. The standard InChI is InChI=1S/C16H20Cl2N2/c1-4-5-9-20-13(10-17)15(18)19-16(20)14-11(2)7-6-8-12(14)3/h6-8H,4-5,9-10H2,1-3H3. The van der Waals surface area contributed by atoms with Gasteiger partial charge >= 0.3 is 0 Å². The van der Waals surface area contributed by atoms with E-state index in [1.54, 1.807) is 0 Å². The highest BCUT2D eigenvalue weighted by Crippen LogP contribution is 2.31. The minimum atomic E-state index is 0.389. The predicted octanol–water partition coefficient (Wildman–Crippen LogP) is 5.36. The smallest absolute Gasteiger partial charge is 0.152 e. The maximum absolute atomic E-state index is 6.27. The van der Waals surface area contributed by atoms with Crippen LogP contribution in [0, 0.1) is 13.8 Å². The molecule has 20 heavy (non-hydrogen) atoms. The van der Waals surface area contributed by atoms with Gasteiger partial charge in [0.05, 0.1) is 11.6 Å². The summed E-state index contributed by atoms with van der Waals surface area (Å²) in [5, 5.41) is 0.522. The highest BCUT2D eigenvalue weighted by atomic mass is 35.5. The Morgan fingerprint density at radius 3 is 2.40 bits per heavy atom. The van der Waals surface area contributed by atoms with Crippen molar-refractivity contribution in [3.8, 4) is 11.4 Å². The SMILES string of the molecule is CCCCn1c(-c2c(C)cccc2C)nc(Cl)c1CCl. The lowest BCUT2D eigenvalue weighted by Gasteiger charge is -2.13. The molecule has 2 nitrogen and oxygen atoms in total. The van der Waals surface area contributed by atoms with Crippen LogP contribution in [0.5, 0.6) is 0 Å². The number of hydrogen-bond acceptors (Lipinski definition) is 1. The molecule has 2 aromatic rings. The fourth-order valence-electron chi connectivity index (χ4n) is 2.50. The molecule has 0 spiro atoms. The molecule has 0 saturated heterocycles. The number of hydrogen-bond donors (Lipinski definition) is 0. The van der Waals surface area contributed by atoms with Crippen LogP contribution in [0.3, 0.4) is 0 Å². The van der Waals surface area contributed by atoms with Crippen molar-refractivity contribution in [1.29, 1.82) is 0 Å². The van der Waals surface area contributed by atoms with Gasteiger partial charge in [-0.2, -0.15) is 0 Å². The second kappa shape index (κ2) is 6.64. The Kier molecular flexibility index (Phi) is 5.11. The average Bonchev–Trinajstić information content (AvgIpc) is 2.72. The van der Waals surface area contributed by atoms with E-state index in [0.717, 1.165) is 30.9 Å². The summed E-state index contributed by atoms with van der Waals surface area (Å²) >= 11 is 12.3. The minimum Gasteiger partial charge on any atom is -0.326 e. The topological polar surface area (TPSA) is 17.8 Å². The summed E-state index contributed by atoms with van der Waals surface area (Å²) in [6, 6.07) is 6.28. The Morgan fingerprint density at radius 1 is 1.20 bits per heavy atom. The second-order valence-corrected chi connectivity index (χ2v) is 5.70. The molecule has 0 unspecified atom stereocenters. The van der Waals surface area contributed by atoms with Gasteiger partial charge in [-0.05, 0) is 31.4 Å². The second-order valence-electron chi connectivity index (χ2n) is 5.08. The van der Waals surface area contributed by atoms with E-state index in [-0.39, 0.29) is 0 Å². The van der Waals surface area contributed by atoms with E-state index in [1.165, 1.54) is 16.7 Å². The van der Waals surface area contributed by atoms with Gasteiger partial charge in [-0.25, -0.2) is 4.98 Å². The van der Waals surface area contributed by atoms with Crippen LogP contribution in [0.1, 0.15) is 36.6 Å². The maximum Gasteiger partial charge on any atom is 0.152 e. The zero-order valence-corrected chi connectivity index (χ0v) is 13.7. The van der Waals surface area contributed by atoms with Crippen LogP contribution in [-0.2, 0) is 12.4 Å². The molecular weight excluding hydrogens is 291 g/mol. The molecule has 0 saturated carbocycles. The molecule has 0 radical (unpaired) electrons. The Bertz CT molecular complexity index is 583. The van der Waals surface area contributed by atoms with Gasteiger partial charge in [0.2, 0.25) is 0 Å². The van der Waals surface area contributed by atoms with Crippen LogP contribution in [0.25, 0.3) is 11.4 Å². The normalized spacial score (nSPS) is 11.1. The number of alkyl halides is 1. The number of aromatic nitrogens is 2. The van der Waals surface area contributed by atoms with E-state index >= 15 is 0 Å². The number of benzene rings is 1. The van der Waals surface area contributed by atoms with Crippen LogP contribution < -0.4 is 0 Å². The average molecular weight is 311 g/mol. The summed E-state index contributed by atoms with van der Waals surface area (Å²) in [4.78, 5) is 4.57. The number of unbranched alkanes of at least 4 members (excludes halogenated alkanes) is 1. The third-order valence-corrected chi connectivity index (χ3v) is 4.15. The van der Waals surface area contributed by atoms with Crippen molar-refractivity contribution in [1.82, 2.24) is 9.55 Å². The minimum absolute atomic E-state index is 0.389. The van der Waals surface area contributed by atoms with E-state index in [2.05, 4.69) is 48.5 Å². The fraction of sp³-hybridized carbons (Fsp3) is 0.438. The van der Waals surface area contributed by atoms with Crippen molar-refractivity contribution in [3.63, 3.8) is 0 Å². The van der Waals surface area contributed by atoms with E-state index in [4.69, 9.17) is 23.2 Å². The molecule has 1 aromatic carbocycles. The lowest BCUT2D eigenvalue weighted by molar-refractivity contribution is 0.622. The van der Waals surface area contributed by atoms with Crippen molar-refractivity contribution in [2.45, 2.75) is 46.0 Å². The van der Waals surface area contributed by atoms with E-state index in [9.17, 15) is 0 Å². The lowest BCUT2D eigenvalue weighted by Crippen LogP contribution is -2.05. The van der Waals surface area contributed by atoms with Crippen LogP contribution in [-0.4, -0.2) is 9.55 Å². The molecular formula is C16H20Cl2N2. The van der Waals surface area contributed by atoms with E-state index in [0.29, 0.717) is 11.0 Å². The number of rotatable bonds is 5. The quantitative estimate of drug-likeness (QED) is 0.680. The lowest BCUT2D eigenvalue weighted by atomic mass is 10.0. The molecule has 0 aliphatic rings. The molecule has 1 aromatic heterocycles. The van der Waals surface area contributed by atoms with Crippen LogP contribution >= 0.6 is 23.2 Å². The van der Waals surface area contributed by atoms with Gasteiger partial charge < -0.3 is 4.57 Å². The summed E-state index contributed by atoms with van der Waals surface area (Å²) in [6.45, 7) is 7.30. The summed E-state index contributed by atoms with van der Waals surface area (Å²) in [5.41, 5.74) is 4.51. The summed E-state index contributed by atoms with van der Waals surface area (Å²) in [6.07, 6.45) is 2.22. The largest absolute Gasteiger partial charge is 0.326 e. The summed E-state index contributed by atoms with van der Waals surface area (Å²) in [5.74, 6) is 1.33. The third-order valence-electron chi connectivity index (χ3n) is 3.59. The molecule has 0 amide bonds. The van der Waals surface area contributed by atoms with Crippen LogP contribution in [0.4, 0.5) is 0 Å². The first-order valence-corrected chi connectivity index (χ1v) is 7.88. The molecule has 0 fully saturated rings. The molecule has 108 valence electrons. The molecule has 0 atom stereocenters. The number of halogens is 2. The zero-order chi connectivity index (χ0) is 14.7. The summed E-state index contributed by atoms with van der Waals surface area (Å²) < 4.78 is 2.17. The highest BCUT2D eigenvalue weighted by Gasteiger charge is 2.18. The Labute approximate surface area is 130 Å². The molecule has 0 bridgehead atoms.